The van der Waals surface area contributed by atoms with E-state index < -0.39 is 5.97 Å². The van der Waals surface area contributed by atoms with Gasteiger partial charge in [0.2, 0.25) is 0 Å². The van der Waals surface area contributed by atoms with Gasteiger partial charge in [-0.25, -0.2) is 4.79 Å². The van der Waals surface area contributed by atoms with Gasteiger partial charge in [-0.2, -0.15) is 0 Å². The van der Waals surface area contributed by atoms with Crippen molar-refractivity contribution in [1.29, 1.82) is 0 Å². The molecule has 0 saturated carbocycles. The van der Waals surface area contributed by atoms with Crippen LogP contribution in [0.5, 0.6) is 0 Å². The third kappa shape index (κ3) is 2.78. The number of aromatic carboxylic acids is 1. The zero-order chi connectivity index (χ0) is 17.4. The number of hydrogen-bond donors (Lipinski definition) is 2. The lowest BCUT2D eigenvalue weighted by atomic mass is 9.74. The van der Waals surface area contributed by atoms with Crippen molar-refractivity contribution in [1.82, 2.24) is 0 Å². The van der Waals surface area contributed by atoms with Crippen molar-refractivity contribution < 1.29 is 9.90 Å². The van der Waals surface area contributed by atoms with Gasteiger partial charge in [0.1, 0.15) is 0 Å². The van der Waals surface area contributed by atoms with Crippen LogP contribution >= 0.6 is 11.6 Å². The van der Waals surface area contributed by atoms with Gasteiger partial charge in [0, 0.05) is 10.7 Å². The van der Waals surface area contributed by atoms with E-state index >= 15 is 0 Å². The SMILES string of the molecule is CC[C@H]1[C@@H](C)c2ccc(C(=O)O)c(C)c2N[C@H]1c1cccc(Cl)c1. The molecule has 1 aliphatic heterocycles. The van der Waals surface area contributed by atoms with Gasteiger partial charge in [-0.1, -0.05) is 50.1 Å². The Morgan fingerprint density at radius 3 is 2.67 bits per heavy atom. The Bertz CT molecular complexity index is 787. The van der Waals surface area contributed by atoms with Crippen LogP contribution in [0.2, 0.25) is 5.02 Å². The fourth-order valence-electron chi connectivity index (χ4n) is 3.94. The predicted molar refractivity (Wildman–Crippen MR) is 98.2 cm³/mol. The molecule has 0 bridgehead atoms. The first-order valence-corrected chi connectivity index (χ1v) is 8.70. The van der Waals surface area contributed by atoms with Crippen LogP contribution in [-0.4, -0.2) is 11.1 Å². The maximum Gasteiger partial charge on any atom is 0.336 e. The second kappa shape index (κ2) is 6.48. The molecule has 0 unspecified atom stereocenters. The monoisotopic (exact) mass is 343 g/mol. The molecular formula is C20H22ClNO2. The molecule has 3 atom stereocenters. The van der Waals surface area contributed by atoms with Gasteiger partial charge in [-0.05, 0) is 53.6 Å². The van der Waals surface area contributed by atoms with E-state index in [1.165, 1.54) is 5.56 Å². The quantitative estimate of drug-likeness (QED) is 0.757. The summed E-state index contributed by atoms with van der Waals surface area (Å²) >= 11 is 6.18. The minimum absolute atomic E-state index is 0.124. The molecule has 24 heavy (non-hydrogen) atoms. The Labute approximate surface area is 147 Å². The number of carboxylic acids is 1. The first kappa shape index (κ1) is 16.8. The van der Waals surface area contributed by atoms with Crippen molar-refractivity contribution in [3.8, 4) is 0 Å². The van der Waals surface area contributed by atoms with Crippen LogP contribution in [0.3, 0.4) is 0 Å². The second-order valence-corrected chi connectivity index (χ2v) is 6.98. The van der Waals surface area contributed by atoms with E-state index in [0.717, 1.165) is 28.3 Å². The van der Waals surface area contributed by atoms with Gasteiger partial charge in [0.25, 0.3) is 0 Å². The fraction of sp³-hybridized carbons (Fsp3) is 0.350. The van der Waals surface area contributed by atoms with Gasteiger partial charge in [-0.3, -0.25) is 0 Å². The number of carbonyl (C=O) groups is 1. The van der Waals surface area contributed by atoms with E-state index in [2.05, 4.69) is 25.2 Å². The summed E-state index contributed by atoms with van der Waals surface area (Å²) in [5.41, 5.74) is 4.45. The number of anilines is 1. The van der Waals surface area contributed by atoms with Crippen LogP contribution in [0.25, 0.3) is 0 Å². The van der Waals surface area contributed by atoms with Crippen LogP contribution in [0.15, 0.2) is 36.4 Å². The first-order valence-electron chi connectivity index (χ1n) is 8.32. The summed E-state index contributed by atoms with van der Waals surface area (Å²) < 4.78 is 0. The maximum absolute atomic E-state index is 11.5. The summed E-state index contributed by atoms with van der Waals surface area (Å²) in [7, 11) is 0. The molecule has 3 nitrogen and oxygen atoms in total. The van der Waals surface area contributed by atoms with E-state index in [-0.39, 0.29) is 6.04 Å². The van der Waals surface area contributed by atoms with Gasteiger partial charge in [0.15, 0.2) is 0 Å². The molecule has 4 heteroatoms. The van der Waals surface area contributed by atoms with Gasteiger partial charge in [-0.15, -0.1) is 0 Å². The average Bonchev–Trinajstić information content (AvgIpc) is 2.55. The number of halogens is 1. The smallest absolute Gasteiger partial charge is 0.336 e. The Hall–Kier alpha value is -2.00. The summed E-state index contributed by atoms with van der Waals surface area (Å²) in [4.78, 5) is 11.5. The number of hydrogen-bond acceptors (Lipinski definition) is 2. The largest absolute Gasteiger partial charge is 0.478 e. The van der Waals surface area contributed by atoms with E-state index in [4.69, 9.17) is 11.6 Å². The Balaban J connectivity index is 2.12. The molecule has 0 fully saturated rings. The van der Waals surface area contributed by atoms with Crippen molar-refractivity contribution >= 4 is 23.3 Å². The molecular weight excluding hydrogens is 322 g/mol. The summed E-state index contributed by atoms with van der Waals surface area (Å²) in [6.07, 6.45) is 1.03. The molecule has 0 radical (unpaired) electrons. The average molecular weight is 344 g/mol. The van der Waals surface area contributed by atoms with E-state index in [0.29, 0.717) is 17.4 Å². The van der Waals surface area contributed by atoms with E-state index in [9.17, 15) is 9.90 Å². The van der Waals surface area contributed by atoms with E-state index in [1.54, 1.807) is 6.07 Å². The Morgan fingerprint density at radius 1 is 1.29 bits per heavy atom. The lowest BCUT2D eigenvalue weighted by Crippen LogP contribution is -2.31. The molecule has 2 N–H and O–H groups in total. The first-order chi connectivity index (χ1) is 11.4. The number of fused-ring (bicyclic) bond motifs is 1. The summed E-state index contributed by atoms with van der Waals surface area (Å²) in [6.45, 7) is 6.30. The zero-order valence-electron chi connectivity index (χ0n) is 14.1. The highest BCUT2D eigenvalue weighted by atomic mass is 35.5. The number of carboxylic acid groups (broad SMARTS) is 1. The highest BCUT2D eigenvalue weighted by Crippen LogP contribution is 2.47. The molecule has 1 aliphatic rings. The highest BCUT2D eigenvalue weighted by molar-refractivity contribution is 6.30. The molecule has 1 heterocycles. The lowest BCUT2D eigenvalue weighted by molar-refractivity contribution is 0.0696. The van der Waals surface area contributed by atoms with Gasteiger partial charge < -0.3 is 10.4 Å². The molecule has 0 amide bonds. The molecule has 2 aromatic rings. The van der Waals surface area contributed by atoms with Crippen LogP contribution in [0.4, 0.5) is 5.69 Å². The molecule has 126 valence electrons. The summed E-state index contributed by atoms with van der Waals surface area (Å²) in [5.74, 6) is -0.121. The van der Waals surface area contributed by atoms with Crippen molar-refractivity contribution in [3.63, 3.8) is 0 Å². The maximum atomic E-state index is 11.5. The molecule has 3 rings (SSSR count). The third-order valence-electron chi connectivity index (χ3n) is 5.27. The standard InChI is InChI=1S/C20H22ClNO2/c1-4-15-11(2)16-8-9-17(20(23)24)12(3)18(16)22-19(15)13-6-5-7-14(21)10-13/h5-11,15,19,22H,4H2,1-3H3,(H,23,24)/t11-,15+,19+/m1/s1. The molecule has 0 aromatic heterocycles. The Morgan fingerprint density at radius 2 is 2.04 bits per heavy atom. The topological polar surface area (TPSA) is 49.3 Å². The van der Waals surface area contributed by atoms with Crippen LogP contribution in [0, 0.1) is 12.8 Å². The van der Waals surface area contributed by atoms with Crippen LogP contribution in [0.1, 0.15) is 59.3 Å². The second-order valence-electron chi connectivity index (χ2n) is 6.55. The third-order valence-corrected chi connectivity index (χ3v) is 5.50. The van der Waals surface area contributed by atoms with Crippen molar-refractivity contribution in [2.75, 3.05) is 5.32 Å². The zero-order valence-corrected chi connectivity index (χ0v) is 14.9. The number of rotatable bonds is 3. The summed E-state index contributed by atoms with van der Waals surface area (Å²) in [5, 5.41) is 13.7. The minimum atomic E-state index is -0.887. The lowest BCUT2D eigenvalue weighted by Gasteiger charge is -2.40. The summed E-state index contributed by atoms with van der Waals surface area (Å²) in [6, 6.07) is 11.7. The molecule has 0 saturated heterocycles. The van der Waals surface area contributed by atoms with E-state index in [1.807, 2.05) is 31.2 Å². The number of benzene rings is 2. The predicted octanol–water partition coefficient (Wildman–Crippen LogP) is 5.64. The van der Waals surface area contributed by atoms with Crippen molar-refractivity contribution in [2.45, 2.75) is 39.2 Å². The number of nitrogens with one attached hydrogen (secondary N) is 1. The van der Waals surface area contributed by atoms with Crippen LogP contribution < -0.4 is 5.32 Å². The normalized spacial score (nSPS) is 22.6. The molecule has 2 aromatic carbocycles. The van der Waals surface area contributed by atoms with Crippen molar-refractivity contribution in [2.24, 2.45) is 5.92 Å². The van der Waals surface area contributed by atoms with Gasteiger partial charge >= 0.3 is 5.97 Å². The molecule has 0 aliphatic carbocycles. The highest BCUT2D eigenvalue weighted by Gasteiger charge is 2.35. The fourth-order valence-corrected chi connectivity index (χ4v) is 4.14. The van der Waals surface area contributed by atoms with Crippen LogP contribution in [-0.2, 0) is 0 Å². The molecule has 0 spiro atoms. The van der Waals surface area contributed by atoms with Crippen molar-refractivity contribution in [3.05, 3.63) is 63.7 Å². The minimum Gasteiger partial charge on any atom is -0.478 e. The van der Waals surface area contributed by atoms with Gasteiger partial charge in [0.05, 0.1) is 11.6 Å². The Kier molecular flexibility index (Phi) is 4.55.